The molecule has 0 fully saturated rings. The highest BCUT2D eigenvalue weighted by Gasteiger charge is 2.06. The van der Waals surface area contributed by atoms with Crippen molar-refractivity contribution in [2.75, 3.05) is 32.1 Å². The highest BCUT2D eigenvalue weighted by atomic mass is 16.5. The van der Waals surface area contributed by atoms with Crippen molar-refractivity contribution in [1.29, 1.82) is 0 Å². The van der Waals surface area contributed by atoms with Crippen molar-refractivity contribution in [2.45, 2.75) is 39.8 Å². The molecular formula is C15H27N3O. The molecule has 0 spiro atoms. The molecule has 0 unspecified atom stereocenters. The number of likely N-dealkylation sites (N-methyl/N-ethyl adjacent to an activating group) is 1. The number of aromatic nitrogens is 1. The molecule has 0 aliphatic carbocycles. The van der Waals surface area contributed by atoms with Gasteiger partial charge in [0.15, 0.2) is 0 Å². The molecule has 4 nitrogen and oxygen atoms in total. The molecule has 0 bridgehead atoms. The normalized spacial score (nSPS) is 11.1. The molecule has 0 amide bonds. The molecule has 0 aliphatic heterocycles. The van der Waals surface area contributed by atoms with E-state index in [0.29, 0.717) is 0 Å². The van der Waals surface area contributed by atoms with Crippen molar-refractivity contribution in [3.63, 3.8) is 0 Å². The van der Waals surface area contributed by atoms with Crippen molar-refractivity contribution >= 4 is 5.82 Å². The van der Waals surface area contributed by atoms with E-state index in [-0.39, 0.29) is 6.10 Å². The van der Waals surface area contributed by atoms with Gasteiger partial charge in [-0.05, 0) is 45.0 Å². The minimum atomic E-state index is 0.281. The summed E-state index contributed by atoms with van der Waals surface area (Å²) in [5, 5.41) is 3.19. The summed E-state index contributed by atoms with van der Waals surface area (Å²) in [7, 11) is 4.03. The summed E-state index contributed by atoms with van der Waals surface area (Å²) in [6.07, 6.45) is 1.24. The van der Waals surface area contributed by atoms with Crippen LogP contribution < -0.4 is 10.2 Å². The number of pyridine rings is 1. The van der Waals surface area contributed by atoms with Gasteiger partial charge in [0.25, 0.3) is 0 Å². The van der Waals surface area contributed by atoms with Gasteiger partial charge >= 0.3 is 0 Å². The van der Waals surface area contributed by atoms with Crippen molar-refractivity contribution in [1.82, 2.24) is 10.3 Å². The van der Waals surface area contributed by atoms with Crippen LogP contribution in [0.4, 0.5) is 5.82 Å². The Morgan fingerprint density at radius 3 is 2.68 bits per heavy atom. The van der Waals surface area contributed by atoms with Crippen LogP contribution in [0.3, 0.4) is 0 Å². The van der Waals surface area contributed by atoms with E-state index in [9.17, 15) is 0 Å². The molecule has 4 heteroatoms. The molecule has 0 aromatic carbocycles. The Morgan fingerprint density at radius 2 is 2.11 bits per heavy atom. The average molecular weight is 265 g/mol. The number of nitrogens with one attached hydrogen (secondary N) is 1. The number of anilines is 1. The number of ether oxygens (including phenoxy) is 1. The molecule has 0 aliphatic rings. The van der Waals surface area contributed by atoms with E-state index in [1.807, 2.05) is 7.05 Å². The zero-order chi connectivity index (χ0) is 14.3. The third-order valence-electron chi connectivity index (χ3n) is 2.94. The topological polar surface area (TPSA) is 37.4 Å². The van der Waals surface area contributed by atoms with Crippen molar-refractivity contribution in [3.05, 3.63) is 23.4 Å². The Kier molecular flexibility index (Phi) is 6.81. The molecule has 0 atom stereocenters. The Morgan fingerprint density at radius 1 is 1.37 bits per heavy atom. The van der Waals surface area contributed by atoms with Crippen molar-refractivity contribution < 1.29 is 4.74 Å². The summed E-state index contributed by atoms with van der Waals surface area (Å²) in [6.45, 7) is 8.71. The zero-order valence-corrected chi connectivity index (χ0v) is 12.9. The molecule has 0 saturated heterocycles. The number of aryl methyl sites for hydroxylation is 1. The minimum Gasteiger partial charge on any atom is -0.377 e. The molecule has 1 rings (SSSR count). The summed E-state index contributed by atoms with van der Waals surface area (Å²) < 4.78 is 5.59. The number of rotatable bonds is 8. The molecular weight excluding hydrogens is 238 g/mol. The van der Waals surface area contributed by atoms with E-state index in [1.54, 1.807) is 0 Å². The molecule has 1 aromatic heterocycles. The summed E-state index contributed by atoms with van der Waals surface area (Å²) in [6, 6.07) is 4.31. The van der Waals surface area contributed by atoms with Gasteiger partial charge in [0, 0.05) is 25.8 Å². The first kappa shape index (κ1) is 15.9. The maximum atomic E-state index is 5.59. The fraction of sp³-hybridized carbons (Fsp3) is 0.667. The van der Waals surface area contributed by atoms with E-state index in [4.69, 9.17) is 4.74 Å². The van der Waals surface area contributed by atoms with Gasteiger partial charge in [-0.15, -0.1) is 0 Å². The van der Waals surface area contributed by atoms with Crippen LogP contribution in [0.2, 0.25) is 0 Å². The van der Waals surface area contributed by atoms with Gasteiger partial charge in [-0.2, -0.15) is 0 Å². The van der Waals surface area contributed by atoms with Crippen LogP contribution in [-0.2, 0) is 17.7 Å². The van der Waals surface area contributed by atoms with Crippen molar-refractivity contribution in [2.24, 2.45) is 0 Å². The van der Waals surface area contributed by atoms with Gasteiger partial charge in [-0.1, -0.05) is 6.92 Å². The van der Waals surface area contributed by atoms with E-state index in [0.717, 1.165) is 37.6 Å². The van der Waals surface area contributed by atoms with E-state index >= 15 is 0 Å². The monoisotopic (exact) mass is 265 g/mol. The molecule has 1 heterocycles. The summed E-state index contributed by atoms with van der Waals surface area (Å²) in [5.41, 5.74) is 2.42. The molecule has 108 valence electrons. The second-order valence-electron chi connectivity index (χ2n) is 5.05. The van der Waals surface area contributed by atoms with Crippen LogP contribution in [0.25, 0.3) is 0 Å². The lowest BCUT2D eigenvalue weighted by atomic mass is 10.2. The van der Waals surface area contributed by atoms with Gasteiger partial charge in [-0.3, -0.25) is 0 Å². The van der Waals surface area contributed by atoms with Crippen LogP contribution in [0.1, 0.15) is 32.0 Å². The van der Waals surface area contributed by atoms with Gasteiger partial charge < -0.3 is 15.0 Å². The standard InChI is InChI=1S/C15H27N3O/c1-6-14-9-13(11-16-4)10-15(17-14)18(5)7-8-19-12(2)3/h9-10,12,16H,6-8,11H2,1-5H3. The van der Waals surface area contributed by atoms with Gasteiger partial charge in [0.05, 0.1) is 12.7 Å². The smallest absolute Gasteiger partial charge is 0.128 e. The third kappa shape index (κ3) is 5.57. The first-order valence-electron chi connectivity index (χ1n) is 7.04. The molecule has 1 N–H and O–H groups in total. The highest BCUT2D eigenvalue weighted by Crippen LogP contribution is 2.14. The Hall–Kier alpha value is -1.13. The number of hydrogen-bond donors (Lipinski definition) is 1. The maximum absolute atomic E-state index is 5.59. The highest BCUT2D eigenvalue weighted by molar-refractivity contribution is 5.42. The lowest BCUT2D eigenvalue weighted by Gasteiger charge is -2.20. The molecule has 19 heavy (non-hydrogen) atoms. The predicted octanol–water partition coefficient (Wildman–Crippen LogP) is 2.22. The maximum Gasteiger partial charge on any atom is 0.128 e. The first-order chi connectivity index (χ1) is 9.06. The molecule has 1 aromatic rings. The van der Waals surface area contributed by atoms with Crippen LogP contribution in [0.15, 0.2) is 12.1 Å². The summed E-state index contributed by atoms with van der Waals surface area (Å²) >= 11 is 0. The number of hydrogen-bond acceptors (Lipinski definition) is 4. The summed E-state index contributed by atoms with van der Waals surface area (Å²) in [4.78, 5) is 6.83. The Bertz CT molecular complexity index is 380. The SMILES string of the molecule is CCc1cc(CNC)cc(N(C)CCOC(C)C)n1. The Labute approximate surface area is 117 Å². The first-order valence-corrected chi connectivity index (χ1v) is 7.04. The number of nitrogens with zero attached hydrogens (tertiary/aromatic N) is 2. The van der Waals surface area contributed by atoms with Gasteiger partial charge in [0.2, 0.25) is 0 Å². The van der Waals surface area contributed by atoms with E-state index < -0.39 is 0 Å². The molecule has 0 radical (unpaired) electrons. The van der Waals surface area contributed by atoms with Gasteiger partial charge in [-0.25, -0.2) is 4.98 Å². The minimum absolute atomic E-state index is 0.281. The quantitative estimate of drug-likeness (QED) is 0.782. The van der Waals surface area contributed by atoms with Crippen LogP contribution in [0, 0.1) is 0 Å². The van der Waals surface area contributed by atoms with E-state index in [2.05, 4.69) is 55.2 Å². The molecule has 0 saturated carbocycles. The van der Waals surface area contributed by atoms with Crippen LogP contribution >= 0.6 is 0 Å². The lowest BCUT2D eigenvalue weighted by Crippen LogP contribution is -2.25. The van der Waals surface area contributed by atoms with Crippen molar-refractivity contribution in [3.8, 4) is 0 Å². The fourth-order valence-corrected chi connectivity index (χ4v) is 1.86. The largest absolute Gasteiger partial charge is 0.377 e. The lowest BCUT2D eigenvalue weighted by molar-refractivity contribution is 0.0845. The van der Waals surface area contributed by atoms with E-state index in [1.165, 1.54) is 5.56 Å². The fourth-order valence-electron chi connectivity index (χ4n) is 1.86. The van der Waals surface area contributed by atoms with Crippen LogP contribution in [-0.4, -0.2) is 38.3 Å². The third-order valence-corrected chi connectivity index (χ3v) is 2.94. The van der Waals surface area contributed by atoms with Gasteiger partial charge in [0.1, 0.15) is 5.82 Å². The average Bonchev–Trinajstić information content (AvgIpc) is 2.38. The second kappa shape index (κ2) is 8.12. The second-order valence-corrected chi connectivity index (χ2v) is 5.05. The predicted molar refractivity (Wildman–Crippen MR) is 80.7 cm³/mol. The zero-order valence-electron chi connectivity index (χ0n) is 12.9. The summed E-state index contributed by atoms with van der Waals surface area (Å²) in [5.74, 6) is 1.02. The van der Waals surface area contributed by atoms with Crippen LogP contribution in [0.5, 0.6) is 0 Å². The Balaban J connectivity index is 2.71.